The van der Waals surface area contributed by atoms with Crippen molar-refractivity contribution in [3.63, 3.8) is 0 Å². The number of carbonyl (C=O) groups is 1. The molecule has 0 saturated carbocycles. The number of carboxylic acids is 1. The number of H-pyrrole nitrogens is 1. The minimum atomic E-state index is -5.08. The lowest BCUT2D eigenvalue weighted by atomic mass is 10.1. The van der Waals surface area contributed by atoms with Crippen LogP contribution in [0.4, 0.5) is 13.2 Å². The molecule has 8 nitrogen and oxygen atoms in total. The second kappa shape index (κ2) is 9.00. The van der Waals surface area contributed by atoms with E-state index in [0.29, 0.717) is 24.9 Å². The van der Waals surface area contributed by atoms with Crippen molar-refractivity contribution in [2.75, 3.05) is 26.2 Å². The number of ether oxygens (including phenoxy) is 1. The summed E-state index contributed by atoms with van der Waals surface area (Å²) < 4.78 is 37.7. The first kappa shape index (κ1) is 22.0. The Morgan fingerprint density at radius 2 is 2.13 bits per heavy atom. The van der Waals surface area contributed by atoms with Gasteiger partial charge in [-0.15, -0.1) is 0 Å². The van der Waals surface area contributed by atoms with E-state index in [-0.39, 0.29) is 5.56 Å². The fourth-order valence-electron chi connectivity index (χ4n) is 3.50. The molecule has 0 radical (unpaired) electrons. The monoisotopic (exact) mass is 428 g/mol. The van der Waals surface area contributed by atoms with E-state index in [2.05, 4.69) is 20.2 Å². The number of pyridine rings is 2. The van der Waals surface area contributed by atoms with Gasteiger partial charge < -0.3 is 20.1 Å². The van der Waals surface area contributed by atoms with Crippen molar-refractivity contribution in [3.8, 4) is 5.88 Å². The largest absolute Gasteiger partial charge is 0.490 e. The molecule has 4 rings (SSSR count). The number of aryl methyl sites for hydroxylation is 1. The third-order valence-electron chi connectivity index (χ3n) is 5.10. The number of nitrogens with one attached hydrogen (secondary N) is 2. The van der Waals surface area contributed by atoms with E-state index < -0.39 is 12.1 Å². The standard InChI is InChI=1S/C17H22N4O2.C2HF3O2/c1-2-11-7-15-14(19-16(11)22)8-12-10-21-5-4-18-9-13(21)3-6-23-17(12)20-15;3-2(4,5)1(6)7/h7-8,13,18H,2-6,9-10H2,1H3,(H,19,22);(H,6,7)/t13-;/m1./s1. The molecule has 2 aromatic rings. The molecule has 0 aliphatic carbocycles. The van der Waals surface area contributed by atoms with Gasteiger partial charge in [0.1, 0.15) is 0 Å². The molecule has 2 aliphatic rings. The summed E-state index contributed by atoms with van der Waals surface area (Å²) in [5.41, 5.74) is 3.40. The maximum atomic E-state index is 12.0. The van der Waals surface area contributed by atoms with Crippen LogP contribution in [0.5, 0.6) is 5.88 Å². The number of aromatic nitrogens is 2. The van der Waals surface area contributed by atoms with Crippen LogP contribution in [0.2, 0.25) is 0 Å². The zero-order valence-corrected chi connectivity index (χ0v) is 16.4. The molecule has 2 aromatic heterocycles. The molecular weight excluding hydrogens is 405 g/mol. The lowest BCUT2D eigenvalue weighted by molar-refractivity contribution is -0.192. The van der Waals surface area contributed by atoms with Crippen LogP contribution in [0.25, 0.3) is 11.0 Å². The fourth-order valence-corrected chi connectivity index (χ4v) is 3.50. The van der Waals surface area contributed by atoms with E-state index in [9.17, 15) is 18.0 Å². The molecule has 0 spiro atoms. The van der Waals surface area contributed by atoms with Gasteiger partial charge in [-0.05, 0) is 25.0 Å². The summed E-state index contributed by atoms with van der Waals surface area (Å²) in [6, 6.07) is 4.42. The predicted molar refractivity (Wildman–Crippen MR) is 103 cm³/mol. The number of hydrogen-bond acceptors (Lipinski definition) is 6. The number of halogens is 3. The highest BCUT2D eigenvalue weighted by Gasteiger charge is 2.38. The summed E-state index contributed by atoms with van der Waals surface area (Å²) in [5.74, 6) is -2.05. The van der Waals surface area contributed by atoms with Crippen molar-refractivity contribution >= 4 is 17.0 Å². The van der Waals surface area contributed by atoms with Crippen LogP contribution in [0.1, 0.15) is 24.5 Å². The maximum absolute atomic E-state index is 12.0. The van der Waals surface area contributed by atoms with Crippen LogP contribution >= 0.6 is 0 Å². The quantitative estimate of drug-likeness (QED) is 0.634. The van der Waals surface area contributed by atoms with Gasteiger partial charge in [0.2, 0.25) is 5.88 Å². The van der Waals surface area contributed by atoms with Gasteiger partial charge in [-0.1, -0.05) is 6.92 Å². The zero-order chi connectivity index (χ0) is 21.9. The normalized spacial score (nSPS) is 19.4. The van der Waals surface area contributed by atoms with Crippen molar-refractivity contribution in [1.82, 2.24) is 20.2 Å². The first-order valence-corrected chi connectivity index (χ1v) is 9.62. The summed E-state index contributed by atoms with van der Waals surface area (Å²) in [5, 5.41) is 10.6. The van der Waals surface area contributed by atoms with Crippen LogP contribution in [0.3, 0.4) is 0 Å². The van der Waals surface area contributed by atoms with E-state index >= 15 is 0 Å². The number of aliphatic carboxylic acids is 1. The SMILES string of the molecule is CCc1cc2nc3c(cc2[nH]c1=O)CN1CCNC[C@H]1CCO3.O=C(O)C(F)(F)F. The molecule has 4 heterocycles. The topological polar surface area (TPSA) is 108 Å². The number of piperazine rings is 1. The van der Waals surface area contributed by atoms with E-state index in [1.165, 1.54) is 0 Å². The number of fused-ring (bicyclic) bond motifs is 3. The molecule has 1 saturated heterocycles. The Kier molecular flexibility index (Phi) is 6.61. The van der Waals surface area contributed by atoms with Crippen LogP contribution in [-0.2, 0) is 17.8 Å². The molecular formula is C19H23F3N4O4. The highest BCUT2D eigenvalue weighted by Crippen LogP contribution is 2.26. The Balaban J connectivity index is 0.000000318. The molecule has 2 aliphatic heterocycles. The van der Waals surface area contributed by atoms with Crippen LogP contribution < -0.4 is 15.6 Å². The van der Waals surface area contributed by atoms with Crippen LogP contribution in [0.15, 0.2) is 16.9 Å². The maximum Gasteiger partial charge on any atom is 0.490 e. The van der Waals surface area contributed by atoms with Crippen molar-refractivity contribution < 1.29 is 27.8 Å². The number of rotatable bonds is 1. The Labute approximate surface area is 170 Å². The third kappa shape index (κ3) is 5.08. The van der Waals surface area contributed by atoms with Crippen LogP contribution in [-0.4, -0.2) is 64.4 Å². The van der Waals surface area contributed by atoms with Gasteiger partial charge in [0.25, 0.3) is 5.56 Å². The zero-order valence-electron chi connectivity index (χ0n) is 16.4. The minimum absolute atomic E-state index is 0.0199. The molecule has 0 aromatic carbocycles. The van der Waals surface area contributed by atoms with Crippen molar-refractivity contribution in [2.24, 2.45) is 0 Å². The van der Waals surface area contributed by atoms with E-state index in [0.717, 1.165) is 54.8 Å². The second-order valence-electron chi connectivity index (χ2n) is 7.13. The lowest BCUT2D eigenvalue weighted by Gasteiger charge is -2.37. The average molecular weight is 428 g/mol. The highest BCUT2D eigenvalue weighted by molar-refractivity contribution is 5.76. The molecule has 0 amide bonds. The van der Waals surface area contributed by atoms with Gasteiger partial charge in [0.15, 0.2) is 0 Å². The van der Waals surface area contributed by atoms with Crippen molar-refractivity contribution in [2.45, 2.75) is 38.5 Å². The molecule has 0 unspecified atom stereocenters. The van der Waals surface area contributed by atoms with Gasteiger partial charge in [-0.25, -0.2) is 9.78 Å². The molecule has 1 fully saturated rings. The summed E-state index contributed by atoms with van der Waals surface area (Å²) in [6.07, 6.45) is -3.37. The van der Waals surface area contributed by atoms with Gasteiger partial charge >= 0.3 is 12.1 Å². The molecule has 1 atom stereocenters. The van der Waals surface area contributed by atoms with E-state index in [1.54, 1.807) is 0 Å². The van der Waals surface area contributed by atoms with Crippen molar-refractivity contribution in [3.05, 3.63) is 33.6 Å². The van der Waals surface area contributed by atoms with Crippen LogP contribution in [0, 0.1) is 0 Å². The molecule has 3 N–H and O–H groups in total. The average Bonchev–Trinajstić information content (AvgIpc) is 2.67. The number of nitrogens with zero attached hydrogens (tertiary/aromatic N) is 2. The first-order valence-electron chi connectivity index (χ1n) is 9.62. The Morgan fingerprint density at radius 1 is 1.40 bits per heavy atom. The third-order valence-corrected chi connectivity index (χ3v) is 5.10. The molecule has 11 heteroatoms. The minimum Gasteiger partial charge on any atom is -0.477 e. The first-order chi connectivity index (χ1) is 14.2. The Hall–Kier alpha value is -2.66. The Morgan fingerprint density at radius 3 is 2.80 bits per heavy atom. The number of carboxylic acid groups (broad SMARTS) is 1. The Bertz CT molecular complexity index is 977. The molecule has 30 heavy (non-hydrogen) atoms. The lowest BCUT2D eigenvalue weighted by Crippen LogP contribution is -2.51. The number of aromatic amines is 1. The molecule has 164 valence electrons. The summed E-state index contributed by atoms with van der Waals surface area (Å²) in [6.45, 7) is 6.54. The summed E-state index contributed by atoms with van der Waals surface area (Å²) >= 11 is 0. The molecule has 0 bridgehead atoms. The van der Waals surface area contributed by atoms with E-state index in [4.69, 9.17) is 14.6 Å². The summed E-state index contributed by atoms with van der Waals surface area (Å²) in [4.78, 5) is 31.1. The van der Waals surface area contributed by atoms with E-state index in [1.807, 2.05) is 19.1 Å². The number of alkyl halides is 3. The van der Waals surface area contributed by atoms with Gasteiger partial charge in [0, 0.05) is 43.3 Å². The smallest absolute Gasteiger partial charge is 0.477 e. The van der Waals surface area contributed by atoms with Crippen molar-refractivity contribution in [1.29, 1.82) is 0 Å². The van der Waals surface area contributed by atoms with Gasteiger partial charge in [-0.2, -0.15) is 13.2 Å². The number of hydrogen-bond donors (Lipinski definition) is 3. The predicted octanol–water partition coefficient (Wildman–Crippen LogP) is 1.68. The van der Waals surface area contributed by atoms with Gasteiger partial charge in [0.05, 0.1) is 17.6 Å². The fraction of sp³-hybridized carbons (Fsp3) is 0.526. The summed E-state index contributed by atoms with van der Waals surface area (Å²) in [7, 11) is 0. The highest BCUT2D eigenvalue weighted by atomic mass is 19.4. The van der Waals surface area contributed by atoms with Gasteiger partial charge in [-0.3, -0.25) is 9.69 Å². The second-order valence-corrected chi connectivity index (χ2v) is 7.13.